The molecule has 0 aromatic heterocycles. The Kier molecular flexibility index (Phi) is 7.28. The Morgan fingerprint density at radius 1 is 0.889 bits per heavy atom. The van der Waals surface area contributed by atoms with Gasteiger partial charge in [-0.25, -0.2) is 4.79 Å². The number of amides is 3. The van der Waals surface area contributed by atoms with Gasteiger partial charge in [-0.3, -0.25) is 0 Å². The maximum atomic E-state index is 13.3. The zero-order chi connectivity index (χ0) is 26.1. The molecule has 36 heavy (non-hydrogen) atoms. The van der Waals surface area contributed by atoms with E-state index in [2.05, 4.69) is 10.6 Å². The fraction of sp³-hybridized carbons (Fsp3) is 0.200. The highest BCUT2D eigenvalue weighted by Crippen LogP contribution is 2.36. The van der Waals surface area contributed by atoms with Gasteiger partial charge in [0.15, 0.2) is 0 Å². The predicted molar refractivity (Wildman–Crippen MR) is 140 cm³/mol. The second-order valence-electron chi connectivity index (χ2n) is 8.58. The van der Waals surface area contributed by atoms with E-state index in [4.69, 9.17) is 23.2 Å². The Bertz CT molecular complexity index is 1410. The summed E-state index contributed by atoms with van der Waals surface area (Å²) in [7, 11) is -4.13. The summed E-state index contributed by atoms with van der Waals surface area (Å²) in [6.07, 6.45) is -0.276. The molecular weight excluding hydrogens is 525 g/mol. The van der Waals surface area contributed by atoms with Crippen LogP contribution in [0.4, 0.5) is 21.0 Å². The topological polar surface area (TPSA) is 113 Å². The fourth-order valence-corrected chi connectivity index (χ4v) is 6.72. The number of carboxylic acid groups (broad SMARTS) is 1. The highest BCUT2D eigenvalue weighted by atomic mass is 35.5. The van der Waals surface area contributed by atoms with Crippen LogP contribution in [0.3, 0.4) is 0 Å². The van der Waals surface area contributed by atoms with Crippen LogP contribution in [0.15, 0.2) is 71.6 Å². The van der Waals surface area contributed by atoms with Crippen molar-refractivity contribution in [2.75, 3.05) is 17.2 Å². The molecule has 0 saturated carbocycles. The highest BCUT2D eigenvalue weighted by molar-refractivity contribution is 7.86. The van der Waals surface area contributed by atoms with Crippen molar-refractivity contribution < 1.29 is 27.0 Å². The zero-order valence-corrected chi connectivity index (χ0v) is 21.6. The van der Waals surface area contributed by atoms with Crippen molar-refractivity contribution in [2.24, 2.45) is 0 Å². The van der Waals surface area contributed by atoms with Crippen LogP contribution in [0.1, 0.15) is 19.8 Å². The molecule has 0 bridgehead atoms. The normalized spacial score (nSPS) is 19.6. The van der Waals surface area contributed by atoms with Crippen molar-refractivity contribution in [3.05, 3.63) is 76.8 Å². The maximum absolute atomic E-state index is 13.3. The van der Waals surface area contributed by atoms with Crippen LogP contribution in [0.5, 0.6) is 0 Å². The molecule has 0 spiro atoms. The number of carbonyl (C=O) groups is 2. The molecule has 11 heteroatoms. The van der Waals surface area contributed by atoms with Crippen molar-refractivity contribution in [3.8, 4) is 11.1 Å². The molecule has 1 aliphatic heterocycles. The average Bonchev–Trinajstić information content (AvgIpc) is 3.25. The third-order valence-corrected chi connectivity index (χ3v) is 9.55. The number of benzene rings is 3. The van der Waals surface area contributed by atoms with Crippen LogP contribution in [0.2, 0.25) is 10.0 Å². The van der Waals surface area contributed by atoms with Crippen LogP contribution in [0, 0.1) is 0 Å². The van der Waals surface area contributed by atoms with Crippen molar-refractivity contribution >= 4 is 56.7 Å². The van der Waals surface area contributed by atoms with E-state index in [-0.39, 0.29) is 11.4 Å². The largest absolute Gasteiger partial charge is 0.529 e. The third kappa shape index (κ3) is 4.79. The predicted octanol–water partition coefficient (Wildman–Crippen LogP) is 6.67. The van der Waals surface area contributed by atoms with Crippen LogP contribution in [-0.4, -0.2) is 42.1 Å². The maximum Gasteiger partial charge on any atom is 0.529 e. The fourth-order valence-electron chi connectivity index (χ4n) is 4.42. The van der Waals surface area contributed by atoms with E-state index in [1.165, 1.54) is 12.1 Å². The molecule has 3 amide bonds. The number of halogens is 2. The van der Waals surface area contributed by atoms with E-state index in [0.717, 1.165) is 11.1 Å². The van der Waals surface area contributed by atoms with Crippen molar-refractivity contribution in [3.63, 3.8) is 0 Å². The number of likely N-dealkylation sites (tertiary alicyclic amines) is 1. The summed E-state index contributed by atoms with van der Waals surface area (Å²) >= 11 is 11.8. The summed E-state index contributed by atoms with van der Waals surface area (Å²) in [6.45, 7) is 1.71. The lowest BCUT2D eigenvalue weighted by Gasteiger charge is -2.30. The van der Waals surface area contributed by atoms with Gasteiger partial charge in [-0.1, -0.05) is 47.5 Å². The number of quaternary nitrogens is 1. The number of carbonyl (C=O) groups excluding carboxylic acids is 1. The van der Waals surface area contributed by atoms with Crippen LogP contribution < -0.4 is 10.6 Å². The molecule has 0 aliphatic carbocycles. The SMILES string of the molecule is C[C@@H]1CCC[N+]1(C(=O)O)S(=O)(=O)c1ccc(-c2ccc(NC(=O)Nc3ccc(Cl)c(Cl)c3)cc2)cc1. The molecule has 0 radical (unpaired) electrons. The first-order chi connectivity index (χ1) is 17.0. The quantitative estimate of drug-likeness (QED) is 0.308. The van der Waals surface area contributed by atoms with Gasteiger partial charge in [-0.15, -0.1) is 3.89 Å². The summed E-state index contributed by atoms with van der Waals surface area (Å²) in [6, 6.07) is 16.9. The standard InChI is InChI=1S/C25H23Cl2N3O5S/c1-16-3-2-14-30(16,25(32)33)36(34,35)21-11-6-18(7-12-21)17-4-8-19(9-5-17)28-24(31)29-20-10-13-22(26)23(27)15-20/h4-13,15-16H,2-3,14H2,1H3,(H2-,28,29,31,32,33)/p+1/t16-,30?/m1/s1. The lowest BCUT2D eigenvalue weighted by Crippen LogP contribution is -2.58. The van der Waals surface area contributed by atoms with Gasteiger partial charge in [-0.2, -0.15) is 13.2 Å². The van der Waals surface area contributed by atoms with Gasteiger partial charge < -0.3 is 15.7 Å². The lowest BCUT2D eigenvalue weighted by molar-refractivity contribution is -0.741. The van der Waals surface area contributed by atoms with Gasteiger partial charge in [0.25, 0.3) is 0 Å². The third-order valence-electron chi connectivity index (χ3n) is 6.38. The number of rotatable bonds is 5. The van der Waals surface area contributed by atoms with Gasteiger partial charge in [0.05, 0.1) is 10.0 Å². The van der Waals surface area contributed by atoms with Gasteiger partial charge in [0.1, 0.15) is 17.5 Å². The Balaban J connectivity index is 1.47. The first kappa shape index (κ1) is 26.0. The highest BCUT2D eigenvalue weighted by Gasteiger charge is 2.57. The number of anilines is 2. The first-order valence-electron chi connectivity index (χ1n) is 11.1. The minimum atomic E-state index is -4.13. The second kappa shape index (κ2) is 10.1. The Morgan fingerprint density at radius 2 is 1.44 bits per heavy atom. The van der Waals surface area contributed by atoms with Crippen LogP contribution in [0.25, 0.3) is 11.1 Å². The molecule has 8 nitrogen and oxygen atoms in total. The van der Waals surface area contributed by atoms with Crippen molar-refractivity contribution in [1.29, 1.82) is 0 Å². The molecule has 1 heterocycles. The van der Waals surface area contributed by atoms with Gasteiger partial charge in [0.2, 0.25) is 0 Å². The number of nitrogens with zero attached hydrogens (tertiary/aromatic N) is 1. The Labute approximate surface area is 219 Å². The molecule has 1 aliphatic rings. The number of hydrogen-bond donors (Lipinski definition) is 3. The zero-order valence-electron chi connectivity index (χ0n) is 19.2. The van der Waals surface area contributed by atoms with E-state index >= 15 is 0 Å². The van der Waals surface area contributed by atoms with Crippen LogP contribution in [-0.2, 0) is 10.0 Å². The van der Waals surface area contributed by atoms with E-state index in [1.54, 1.807) is 61.5 Å². The monoisotopic (exact) mass is 548 g/mol. The summed E-state index contributed by atoms with van der Waals surface area (Å²) in [4.78, 5) is 24.3. The number of nitrogens with one attached hydrogen (secondary N) is 2. The molecule has 2 atom stereocenters. The molecular formula is C25H24Cl2N3O5S+. The van der Waals surface area contributed by atoms with E-state index < -0.39 is 32.1 Å². The van der Waals surface area contributed by atoms with E-state index in [9.17, 15) is 23.1 Å². The Morgan fingerprint density at radius 3 is 1.97 bits per heavy atom. The summed E-state index contributed by atoms with van der Waals surface area (Å²) in [5.74, 6) is 0. The van der Waals surface area contributed by atoms with E-state index in [1.807, 2.05) is 0 Å². The number of hydrogen-bond acceptors (Lipinski definition) is 4. The minimum Gasteiger partial charge on any atom is -0.435 e. The van der Waals surface area contributed by atoms with E-state index in [0.29, 0.717) is 34.3 Å². The molecule has 1 saturated heterocycles. The van der Waals surface area contributed by atoms with Gasteiger partial charge in [0, 0.05) is 24.2 Å². The number of sulfonamides is 1. The summed E-state index contributed by atoms with van der Waals surface area (Å²) in [5, 5.41) is 15.9. The molecule has 3 aromatic rings. The van der Waals surface area contributed by atoms with Crippen LogP contribution >= 0.6 is 23.2 Å². The molecule has 1 fully saturated rings. The molecule has 4 rings (SSSR count). The first-order valence-corrected chi connectivity index (χ1v) is 13.3. The molecule has 3 N–H and O–H groups in total. The summed E-state index contributed by atoms with van der Waals surface area (Å²) in [5.41, 5.74) is 2.58. The van der Waals surface area contributed by atoms with Gasteiger partial charge >= 0.3 is 22.1 Å². The second-order valence-corrected chi connectivity index (χ2v) is 11.5. The number of urea groups is 1. The lowest BCUT2D eigenvalue weighted by atomic mass is 10.1. The van der Waals surface area contributed by atoms with Gasteiger partial charge in [-0.05, 0) is 60.5 Å². The van der Waals surface area contributed by atoms with Crippen molar-refractivity contribution in [1.82, 2.24) is 0 Å². The summed E-state index contributed by atoms with van der Waals surface area (Å²) < 4.78 is 25.6. The molecule has 188 valence electrons. The smallest absolute Gasteiger partial charge is 0.435 e. The Hall–Kier alpha value is -3.11. The average molecular weight is 549 g/mol. The molecule has 3 aromatic carbocycles. The molecule has 1 unspecified atom stereocenters. The minimum absolute atomic E-state index is 0.0281. The van der Waals surface area contributed by atoms with Crippen molar-refractivity contribution in [2.45, 2.75) is 30.7 Å².